The summed E-state index contributed by atoms with van der Waals surface area (Å²) in [6.07, 6.45) is 8.05. The summed E-state index contributed by atoms with van der Waals surface area (Å²) >= 11 is 0. The minimum Gasteiger partial charge on any atom is -0.419 e. The first kappa shape index (κ1) is 19.2. The molecule has 4 heterocycles. The Bertz CT molecular complexity index is 840. The molecule has 6 heteroatoms. The topological polar surface area (TPSA) is 45.4 Å². The summed E-state index contributed by atoms with van der Waals surface area (Å²) in [4.78, 5) is 5.40. The Kier molecular flexibility index (Phi) is 5.39. The van der Waals surface area contributed by atoms with E-state index in [-0.39, 0.29) is 5.82 Å². The summed E-state index contributed by atoms with van der Waals surface area (Å²) in [5.41, 5.74) is 0.639. The van der Waals surface area contributed by atoms with Gasteiger partial charge >= 0.3 is 0 Å². The number of hydrogen-bond donors (Lipinski definition) is 0. The normalized spacial score (nSPS) is 30.3. The molecule has 4 atom stereocenters. The van der Waals surface area contributed by atoms with Crippen LogP contribution >= 0.6 is 0 Å². The fraction of sp³-hybridized carbons (Fsp3) is 0.652. The number of likely N-dealkylation sites (tertiary alicyclic amines) is 1. The lowest BCUT2D eigenvalue weighted by molar-refractivity contribution is -0.0769. The lowest BCUT2D eigenvalue weighted by atomic mass is 9.71. The second kappa shape index (κ2) is 8.15. The molecular formula is C23H31FN4O. The molecule has 5 nitrogen and oxygen atoms in total. The van der Waals surface area contributed by atoms with Gasteiger partial charge in [-0.3, -0.25) is 9.80 Å². The van der Waals surface area contributed by atoms with E-state index in [1.807, 2.05) is 0 Å². The molecule has 2 aromatic rings. The third-order valence-electron chi connectivity index (χ3n) is 7.18. The van der Waals surface area contributed by atoms with Crippen LogP contribution in [0.3, 0.4) is 0 Å². The van der Waals surface area contributed by atoms with Gasteiger partial charge in [0, 0.05) is 30.7 Å². The monoisotopic (exact) mass is 398 g/mol. The summed E-state index contributed by atoms with van der Waals surface area (Å²) in [6, 6.07) is 7.83. The maximum Gasteiger partial charge on any atom is 0.247 e. The molecule has 29 heavy (non-hydrogen) atoms. The van der Waals surface area contributed by atoms with Crippen LogP contribution in [0.15, 0.2) is 28.7 Å². The van der Waals surface area contributed by atoms with Gasteiger partial charge < -0.3 is 4.42 Å². The zero-order chi connectivity index (χ0) is 19.8. The van der Waals surface area contributed by atoms with Gasteiger partial charge in [-0.2, -0.15) is 0 Å². The van der Waals surface area contributed by atoms with Crippen molar-refractivity contribution >= 4 is 0 Å². The molecular weight excluding hydrogens is 367 g/mol. The highest BCUT2D eigenvalue weighted by molar-refractivity contribution is 5.52. The maximum absolute atomic E-state index is 13.5. The SMILES string of the molecule is CCC[C@H]1[C@H]2C[C@H](CN(Cc3nnc(-c4cccc(F)c4)o3)C2)[C@@H]2CCCCN21. The van der Waals surface area contributed by atoms with E-state index in [1.165, 1.54) is 57.2 Å². The number of nitrogens with zero attached hydrogens (tertiary/aromatic N) is 4. The number of piperidine rings is 3. The Balaban J connectivity index is 1.31. The highest BCUT2D eigenvalue weighted by Crippen LogP contribution is 2.42. The highest BCUT2D eigenvalue weighted by atomic mass is 19.1. The van der Waals surface area contributed by atoms with Crippen molar-refractivity contribution < 1.29 is 8.81 Å². The average molecular weight is 399 g/mol. The molecule has 0 saturated carbocycles. The van der Waals surface area contributed by atoms with Crippen LogP contribution in [0.2, 0.25) is 0 Å². The predicted molar refractivity (Wildman–Crippen MR) is 110 cm³/mol. The van der Waals surface area contributed by atoms with E-state index in [9.17, 15) is 4.39 Å². The molecule has 1 aromatic carbocycles. The highest BCUT2D eigenvalue weighted by Gasteiger charge is 2.46. The number of fused-ring (bicyclic) bond motifs is 4. The number of aromatic nitrogens is 2. The fourth-order valence-electron chi connectivity index (χ4n) is 6.08. The van der Waals surface area contributed by atoms with E-state index >= 15 is 0 Å². The van der Waals surface area contributed by atoms with E-state index in [4.69, 9.17) is 4.42 Å². The standard InChI is InChI=1S/C23H31FN4O/c1-2-6-20-17-11-18(21-9-3-4-10-28(20)21)14-27(13-17)15-22-25-26-23(29-22)16-7-5-8-19(24)12-16/h5,7-8,12,17-18,20-21H,2-4,6,9-11,13-15H2,1H3/t17-,18+,20-,21-/m0/s1. The van der Waals surface area contributed by atoms with Crippen LogP contribution in [-0.2, 0) is 6.54 Å². The van der Waals surface area contributed by atoms with Gasteiger partial charge in [0.15, 0.2) is 0 Å². The summed E-state index contributed by atoms with van der Waals surface area (Å²) in [5.74, 6) is 2.25. The van der Waals surface area contributed by atoms with Crippen molar-refractivity contribution in [3.8, 4) is 11.5 Å². The van der Waals surface area contributed by atoms with Crippen LogP contribution in [-0.4, -0.2) is 51.7 Å². The molecule has 5 rings (SSSR count). The van der Waals surface area contributed by atoms with Gasteiger partial charge in [-0.1, -0.05) is 25.8 Å². The molecule has 0 spiro atoms. The van der Waals surface area contributed by atoms with Crippen molar-refractivity contribution in [3.05, 3.63) is 36.0 Å². The molecule has 0 N–H and O–H groups in total. The summed E-state index contributed by atoms with van der Waals surface area (Å²) in [6.45, 7) is 6.54. The third kappa shape index (κ3) is 3.84. The average Bonchev–Trinajstić information content (AvgIpc) is 3.20. The molecule has 0 unspecified atom stereocenters. The molecule has 3 saturated heterocycles. The first-order chi connectivity index (χ1) is 14.2. The van der Waals surface area contributed by atoms with Crippen molar-refractivity contribution in [2.24, 2.45) is 11.8 Å². The number of halogens is 1. The van der Waals surface area contributed by atoms with Gasteiger partial charge in [-0.15, -0.1) is 10.2 Å². The van der Waals surface area contributed by atoms with Gasteiger partial charge in [0.2, 0.25) is 11.8 Å². The summed E-state index contributed by atoms with van der Waals surface area (Å²) in [7, 11) is 0. The van der Waals surface area contributed by atoms with E-state index in [1.54, 1.807) is 12.1 Å². The third-order valence-corrected chi connectivity index (χ3v) is 7.18. The lowest BCUT2D eigenvalue weighted by Crippen LogP contribution is -2.63. The quantitative estimate of drug-likeness (QED) is 0.749. The second-order valence-electron chi connectivity index (χ2n) is 9.12. The zero-order valence-electron chi connectivity index (χ0n) is 17.3. The van der Waals surface area contributed by atoms with Gasteiger partial charge in [-0.05, 0) is 62.3 Å². The van der Waals surface area contributed by atoms with Gasteiger partial charge in [0.05, 0.1) is 6.54 Å². The molecule has 0 aliphatic carbocycles. The Hall–Kier alpha value is -1.79. The Morgan fingerprint density at radius 2 is 2.07 bits per heavy atom. The van der Waals surface area contributed by atoms with Gasteiger partial charge in [0.25, 0.3) is 0 Å². The van der Waals surface area contributed by atoms with Crippen molar-refractivity contribution in [3.63, 3.8) is 0 Å². The Morgan fingerprint density at radius 1 is 1.17 bits per heavy atom. The summed E-state index contributed by atoms with van der Waals surface area (Å²) < 4.78 is 19.4. The van der Waals surface area contributed by atoms with Crippen LogP contribution in [0.1, 0.15) is 51.3 Å². The lowest BCUT2D eigenvalue weighted by Gasteiger charge is -2.57. The minimum atomic E-state index is -0.287. The molecule has 0 amide bonds. The van der Waals surface area contributed by atoms with Crippen LogP contribution in [0.4, 0.5) is 4.39 Å². The van der Waals surface area contributed by atoms with Crippen LogP contribution in [0.5, 0.6) is 0 Å². The van der Waals surface area contributed by atoms with Crippen molar-refractivity contribution in [2.45, 2.75) is 64.1 Å². The Morgan fingerprint density at radius 3 is 2.93 bits per heavy atom. The molecule has 0 radical (unpaired) electrons. The van der Waals surface area contributed by atoms with Crippen LogP contribution < -0.4 is 0 Å². The van der Waals surface area contributed by atoms with Crippen LogP contribution in [0, 0.1) is 17.7 Å². The van der Waals surface area contributed by atoms with E-state index in [2.05, 4.69) is 26.9 Å². The number of benzene rings is 1. The molecule has 2 bridgehead atoms. The van der Waals surface area contributed by atoms with Crippen molar-refractivity contribution in [1.82, 2.24) is 20.0 Å². The van der Waals surface area contributed by atoms with E-state index in [0.717, 1.165) is 37.0 Å². The molecule has 3 aliphatic rings. The Labute approximate surface area is 172 Å². The largest absolute Gasteiger partial charge is 0.419 e. The van der Waals surface area contributed by atoms with Crippen molar-refractivity contribution in [1.29, 1.82) is 0 Å². The molecule has 3 aliphatic heterocycles. The first-order valence-electron chi connectivity index (χ1n) is 11.3. The second-order valence-corrected chi connectivity index (χ2v) is 9.12. The minimum absolute atomic E-state index is 0.287. The predicted octanol–water partition coefficient (Wildman–Crippen LogP) is 4.35. The first-order valence-corrected chi connectivity index (χ1v) is 11.3. The molecule has 3 fully saturated rings. The number of hydrogen-bond acceptors (Lipinski definition) is 5. The van der Waals surface area contributed by atoms with Gasteiger partial charge in [-0.25, -0.2) is 4.39 Å². The van der Waals surface area contributed by atoms with Crippen LogP contribution in [0.25, 0.3) is 11.5 Å². The maximum atomic E-state index is 13.5. The fourth-order valence-corrected chi connectivity index (χ4v) is 6.08. The van der Waals surface area contributed by atoms with Crippen molar-refractivity contribution in [2.75, 3.05) is 19.6 Å². The molecule has 1 aromatic heterocycles. The summed E-state index contributed by atoms with van der Waals surface area (Å²) in [5, 5.41) is 8.41. The van der Waals surface area contributed by atoms with E-state index in [0.29, 0.717) is 23.9 Å². The smallest absolute Gasteiger partial charge is 0.247 e. The molecule has 156 valence electrons. The zero-order valence-corrected chi connectivity index (χ0v) is 17.3. The van der Waals surface area contributed by atoms with E-state index < -0.39 is 0 Å². The number of rotatable bonds is 5. The van der Waals surface area contributed by atoms with Gasteiger partial charge in [0.1, 0.15) is 5.82 Å².